The van der Waals surface area contributed by atoms with E-state index < -0.39 is 0 Å². The number of piperazine rings is 1. The van der Waals surface area contributed by atoms with Gasteiger partial charge in [-0.25, -0.2) is 5.43 Å². The molecule has 2 aliphatic heterocycles. The third-order valence-electron chi connectivity index (χ3n) is 5.56. The zero-order chi connectivity index (χ0) is 18.7. The maximum absolute atomic E-state index is 12.8. The summed E-state index contributed by atoms with van der Waals surface area (Å²) >= 11 is 6.35. The van der Waals surface area contributed by atoms with Crippen molar-refractivity contribution in [1.29, 1.82) is 0 Å². The lowest BCUT2D eigenvalue weighted by Gasteiger charge is -2.39. The Kier molecular flexibility index (Phi) is 6.56. The highest BCUT2D eigenvalue weighted by Gasteiger charge is 2.34. The van der Waals surface area contributed by atoms with Crippen molar-refractivity contribution >= 4 is 17.5 Å². The molecule has 0 saturated carbocycles. The first-order valence-electron chi connectivity index (χ1n) is 9.74. The van der Waals surface area contributed by atoms with Gasteiger partial charge in [-0.1, -0.05) is 43.6 Å². The Morgan fingerprint density at radius 3 is 2.50 bits per heavy atom. The summed E-state index contributed by atoms with van der Waals surface area (Å²) in [7, 11) is 0. The van der Waals surface area contributed by atoms with Crippen LogP contribution in [0, 0.1) is 5.92 Å². The van der Waals surface area contributed by atoms with Crippen molar-refractivity contribution < 1.29 is 4.79 Å². The van der Waals surface area contributed by atoms with Gasteiger partial charge in [0.25, 0.3) is 0 Å². The van der Waals surface area contributed by atoms with Crippen LogP contribution in [0.4, 0.5) is 0 Å². The van der Waals surface area contributed by atoms with E-state index >= 15 is 0 Å². The summed E-state index contributed by atoms with van der Waals surface area (Å²) in [6.45, 7) is 9.95. The SMILES string of the molecule is CC(C)CC1CC(C(=O)N2CCN(C(C)c3ccccc3Cl)CC2)NN1. The highest BCUT2D eigenvalue weighted by Crippen LogP contribution is 2.28. The summed E-state index contributed by atoms with van der Waals surface area (Å²) in [5, 5.41) is 0.816. The van der Waals surface area contributed by atoms with Crippen LogP contribution >= 0.6 is 11.6 Å². The first-order valence-corrected chi connectivity index (χ1v) is 10.1. The Morgan fingerprint density at radius 2 is 1.85 bits per heavy atom. The fourth-order valence-electron chi connectivity index (χ4n) is 4.07. The third kappa shape index (κ3) is 4.58. The molecule has 144 valence electrons. The molecule has 1 aromatic carbocycles. The fourth-order valence-corrected chi connectivity index (χ4v) is 4.36. The lowest BCUT2D eigenvalue weighted by Crippen LogP contribution is -2.54. The lowest BCUT2D eigenvalue weighted by molar-refractivity contribution is -0.135. The van der Waals surface area contributed by atoms with E-state index in [1.165, 1.54) is 0 Å². The van der Waals surface area contributed by atoms with E-state index in [1.54, 1.807) is 0 Å². The monoisotopic (exact) mass is 378 g/mol. The van der Waals surface area contributed by atoms with Gasteiger partial charge in [0.1, 0.15) is 6.04 Å². The van der Waals surface area contributed by atoms with Crippen molar-refractivity contribution in [3.8, 4) is 0 Å². The zero-order valence-electron chi connectivity index (χ0n) is 16.0. The van der Waals surface area contributed by atoms with E-state index in [2.05, 4.69) is 42.6 Å². The zero-order valence-corrected chi connectivity index (χ0v) is 16.8. The number of amides is 1. The molecule has 2 N–H and O–H groups in total. The van der Waals surface area contributed by atoms with Gasteiger partial charge in [-0.15, -0.1) is 0 Å². The van der Waals surface area contributed by atoms with Crippen LogP contribution in [0.2, 0.25) is 5.02 Å². The van der Waals surface area contributed by atoms with Crippen molar-refractivity contribution in [2.75, 3.05) is 26.2 Å². The first kappa shape index (κ1) is 19.6. The number of carbonyl (C=O) groups excluding carboxylic acids is 1. The second-order valence-corrected chi connectivity index (χ2v) is 8.37. The molecule has 0 bridgehead atoms. The molecule has 1 aromatic rings. The standard InChI is InChI=1S/C20H31ClN4O/c1-14(2)12-16-13-19(23-22-16)20(26)25-10-8-24(9-11-25)15(3)17-6-4-5-7-18(17)21/h4-7,14-16,19,22-23H,8-13H2,1-3H3. The van der Waals surface area contributed by atoms with Gasteiger partial charge in [0, 0.05) is 43.3 Å². The molecule has 0 aromatic heterocycles. The molecule has 0 aliphatic carbocycles. The van der Waals surface area contributed by atoms with E-state index in [9.17, 15) is 4.79 Å². The molecule has 2 saturated heterocycles. The minimum absolute atomic E-state index is 0.0914. The summed E-state index contributed by atoms with van der Waals surface area (Å²) in [6, 6.07) is 8.60. The smallest absolute Gasteiger partial charge is 0.241 e. The minimum atomic E-state index is -0.0914. The number of rotatable bonds is 5. The Labute approximate surface area is 162 Å². The molecule has 0 radical (unpaired) electrons. The van der Waals surface area contributed by atoms with Crippen LogP contribution in [0.1, 0.15) is 45.2 Å². The Morgan fingerprint density at radius 1 is 1.15 bits per heavy atom. The molecule has 3 atom stereocenters. The van der Waals surface area contributed by atoms with Crippen LogP contribution < -0.4 is 10.9 Å². The highest BCUT2D eigenvalue weighted by molar-refractivity contribution is 6.31. The predicted octanol–water partition coefficient (Wildman–Crippen LogP) is 2.83. The molecule has 2 aliphatic rings. The number of nitrogens with one attached hydrogen (secondary N) is 2. The Hall–Kier alpha value is -1.14. The number of hydrazine groups is 1. The van der Waals surface area contributed by atoms with Crippen LogP contribution in [-0.2, 0) is 4.79 Å². The maximum atomic E-state index is 12.8. The number of carbonyl (C=O) groups is 1. The quantitative estimate of drug-likeness (QED) is 0.827. The number of halogens is 1. The molecule has 1 amide bonds. The van der Waals surface area contributed by atoms with Crippen molar-refractivity contribution in [2.45, 2.75) is 51.7 Å². The van der Waals surface area contributed by atoms with Crippen molar-refractivity contribution in [1.82, 2.24) is 20.7 Å². The maximum Gasteiger partial charge on any atom is 0.241 e. The summed E-state index contributed by atoms with van der Waals surface area (Å²) in [5.41, 5.74) is 7.65. The van der Waals surface area contributed by atoms with Gasteiger partial charge < -0.3 is 4.90 Å². The second-order valence-electron chi connectivity index (χ2n) is 7.96. The van der Waals surface area contributed by atoms with Gasteiger partial charge in [-0.05, 0) is 37.3 Å². The normalized spacial score (nSPS) is 25.7. The Balaban J connectivity index is 1.51. The molecule has 3 rings (SSSR count). The first-order chi connectivity index (χ1) is 12.5. The van der Waals surface area contributed by atoms with Crippen LogP contribution in [0.5, 0.6) is 0 Å². The van der Waals surface area contributed by atoms with Crippen molar-refractivity contribution in [3.63, 3.8) is 0 Å². The molecular formula is C20H31ClN4O. The van der Waals surface area contributed by atoms with E-state index in [0.29, 0.717) is 12.0 Å². The van der Waals surface area contributed by atoms with Crippen molar-refractivity contribution in [2.24, 2.45) is 5.92 Å². The number of hydrogen-bond acceptors (Lipinski definition) is 4. The average molecular weight is 379 g/mol. The third-order valence-corrected chi connectivity index (χ3v) is 5.91. The molecule has 5 nitrogen and oxygen atoms in total. The minimum Gasteiger partial charge on any atom is -0.339 e. The molecular weight excluding hydrogens is 348 g/mol. The summed E-state index contributed by atoms with van der Waals surface area (Å²) in [4.78, 5) is 17.2. The highest BCUT2D eigenvalue weighted by atomic mass is 35.5. The van der Waals surface area contributed by atoms with E-state index in [1.807, 2.05) is 23.1 Å². The predicted molar refractivity (Wildman–Crippen MR) is 106 cm³/mol. The summed E-state index contributed by atoms with van der Waals surface area (Å²) < 4.78 is 0. The van der Waals surface area contributed by atoms with Gasteiger partial charge in [0.05, 0.1) is 0 Å². The lowest BCUT2D eigenvalue weighted by atomic mass is 9.99. The van der Waals surface area contributed by atoms with Gasteiger partial charge >= 0.3 is 0 Å². The van der Waals surface area contributed by atoms with Crippen LogP contribution in [0.15, 0.2) is 24.3 Å². The molecule has 2 fully saturated rings. The van der Waals surface area contributed by atoms with Crippen LogP contribution in [-0.4, -0.2) is 54.0 Å². The Bertz CT molecular complexity index is 616. The fraction of sp³-hybridized carbons (Fsp3) is 0.650. The van der Waals surface area contributed by atoms with Crippen LogP contribution in [0.25, 0.3) is 0 Å². The summed E-state index contributed by atoms with van der Waals surface area (Å²) in [5.74, 6) is 0.867. The number of nitrogens with zero attached hydrogens (tertiary/aromatic N) is 2. The average Bonchev–Trinajstić information content (AvgIpc) is 3.09. The van der Waals surface area contributed by atoms with Crippen LogP contribution in [0.3, 0.4) is 0 Å². The molecule has 3 unspecified atom stereocenters. The second kappa shape index (κ2) is 8.70. The van der Waals surface area contributed by atoms with E-state index in [4.69, 9.17) is 11.6 Å². The van der Waals surface area contributed by atoms with Gasteiger partial charge in [0.15, 0.2) is 0 Å². The van der Waals surface area contributed by atoms with Gasteiger partial charge in [-0.2, -0.15) is 0 Å². The van der Waals surface area contributed by atoms with E-state index in [0.717, 1.165) is 49.6 Å². The molecule has 2 heterocycles. The summed E-state index contributed by atoms with van der Waals surface area (Å²) in [6.07, 6.45) is 1.98. The number of benzene rings is 1. The largest absolute Gasteiger partial charge is 0.339 e. The van der Waals surface area contributed by atoms with Crippen molar-refractivity contribution in [3.05, 3.63) is 34.9 Å². The topological polar surface area (TPSA) is 47.6 Å². The molecule has 26 heavy (non-hydrogen) atoms. The molecule has 6 heteroatoms. The molecule has 0 spiro atoms. The van der Waals surface area contributed by atoms with Gasteiger partial charge in [-0.3, -0.25) is 15.1 Å². The van der Waals surface area contributed by atoms with E-state index in [-0.39, 0.29) is 18.0 Å². The number of hydrogen-bond donors (Lipinski definition) is 2. The van der Waals surface area contributed by atoms with Gasteiger partial charge in [0.2, 0.25) is 5.91 Å².